The number of hydrogen-bond acceptors (Lipinski definition) is 6. The van der Waals surface area contributed by atoms with Crippen LogP contribution in [0.2, 0.25) is 0 Å². The number of anilines is 1. The highest BCUT2D eigenvalue weighted by molar-refractivity contribution is 7.16. The minimum atomic E-state index is -0.0889. The smallest absolute Gasteiger partial charge is 0.284 e. The molecule has 1 unspecified atom stereocenters. The lowest BCUT2D eigenvalue weighted by Gasteiger charge is -2.32. The van der Waals surface area contributed by atoms with Crippen LogP contribution in [-0.4, -0.2) is 46.8 Å². The van der Waals surface area contributed by atoms with Gasteiger partial charge in [0.05, 0.1) is 6.10 Å². The number of rotatable bonds is 4. The largest absolute Gasteiger partial charge is 0.376 e. The number of piperidine rings is 1. The topological polar surface area (TPSA) is 81.3 Å². The third kappa shape index (κ3) is 3.17. The van der Waals surface area contributed by atoms with Crippen LogP contribution in [0, 0.1) is 0 Å². The lowest BCUT2D eigenvalue weighted by molar-refractivity contribution is 0.00208. The molecule has 1 aromatic heterocycles. The molecule has 1 fully saturated rings. The van der Waals surface area contributed by atoms with Crippen molar-refractivity contribution >= 4 is 22.4 Å². The van der Waals surface area contributed by atoms with Crippen LogP contribution in [0.1, 0.15) is 36.0 Å². The maximum Gasteiger partial charge on any atom is 0.284 e. The van der Waals surface area contributed by atoms with Crippen molar-refractivity contribution in [1.29, 1.82) is 0 Å². The van der Waals surface area contributed by atoms with Gasteiger partial charge in [0.15, 0.2) is 0 Å². The highest BCUT2D eigenvalue weighted by Crippen LogP contribution is 2.18. The first kappa shape index (κ1) is 13.2. The van der Waals surface area contributed by atoms with Gasteiger partial charge >= 0.3 is 0 Å². The Balaban J connectivity index is 1.94. The van der Waals surface area contributed by atoms with Crippen molar-refractivity contribution in [3.05, 3.63) is 5.01 Å². The average Bonchev–Trinajstić information content (AvgIpc) is 2.82. The number of carbonyl (C=O) groups excluding carboxylic acids is 1. The van der Waals surface area contributed by atoms with Crippen molar-refractivity contribution in [3.8, 4) is 0 Å². The number of nitrogen functional groups attached to an aromatic ring is 1. The molecule has 0 bridgehead atoms. The molecule has 2 N–H and O–H groups in total. The van der Waals surface area contributed by atoms with Crippen LogP contribution in [0.25, 0.3) is 0 Å². The summed E-state index contributed by atoms with van der Waals surface area (Å²) in [5.41, 5.74) is 5.49. The molecule has 1 amide bonds. The minimum Gasteiger partial charge on any atom is -0.376 e. The molecule has 2 heterocycles. The Kier molecular flexibility index (Phi) is 4.48. The van der Waals surface area contributed by atoms with E-state index < -0.39 is 0 Å². The van der Waals surface area contributed by atoms with E-state index in [-0.39, 0.29) is 12.0 Å². The van der Waals surface area contributed by atoms with Crippen LogP contribution in [0.4, 0.5) is 5.13 Å². The molecule has 1 saturated heterocycles. The zero-order valence-corrected chi connectivity index (χ0v) is 11.3. The van der Waals surface area contributed by atoms with Crippen LogP contribution in [0.5, 0.6) is 0 Å². The van der Waals surface area contributed by atoms with Crippen molar-refractivity contribution in [2.45, 2.75) is 32.3 Å². The van der Waals surface area contributed by atoms with Gasteiger partial charge in [-0.1, -0.05) is 18.3 Å². The summed E-state index contributed by atoms with van der Waals surface area (Å²) < 4.78 is 5.70. The number of ether oxygens (including phenoxy) is 1. The molecule has 0 radical (unpaired) electrons. The van der Waals surface area contributed by atoms with Gasteiger partial charge in [-0.2, -0.15) is 0 Å². The van der Waals surface area contributed by atoms with Gasteiger partial charge in [0, 0.05) is 19.7 Å². The zero-order chi connectivity index (χ0) is 13.0. The molecule has 0 aromatic carbocycles. The number of nitrogens with zero attached hydrogens (tertiary/aromatic N) is 3. The first-order valence-electron chi connectivity index (χ1n) is 6.20. The van der Waals surface area contributed by atoms with Crippen molar-refractivity contribution in [2.24, 2.45) is 0 Å². The molecule has 2 rings (SSSR count). The zero-order valence-electron chi connectivity index (χ0n) is 10.5. The number of nitrogens with two attached hydrogens (primary N) is 1. The maximum absolute atomic E-state index is 12.2. The summed E-state index contributed by atoms with van der Waals surface area (Å²) >= 11 is 1.13. The van der Waals surface area contributed by atoms with E-state index in [4.69, 9.17) is 10.5 Å². The van der Waals surface area contributed by atoms with E-state index in [1.54, 1.807) is 4.90 Å². The third-order valence-corrected chi connectivity index (χ3v) is 3.59. The molecular weight excluding hydrogens is 252 g/mol. The predicted molar refractivity (Wildman–Crippen MR) is 69.5 cm³/mol. The molecule has 1 aromatic rings. The molecule has 0 spiro atoms. The van der Waals surface area contributed by atoms with Crippen LogP contribution in [0.15, 0.2) is 0 Å². The summed E-state index contributed by atoms with van der Waals surface area (Å²) in [5.74, 6) is -0.0889. The van der Waals surface area contributed by atoms with E-state index >= 15 is 0 Å². The van der Waals surface area contributed by atoms with Crippen LogP contribution in [-0.2, 0) is 4.74 Å². The van der Waals surface area contributed by atoms with Crippen molar-refractivity contribution in [2.75, 3.05) is 25.4 Å². The Hall–Kier alpha value is -1.21. The first-order valence-corrected chi connectivity index (χ1v) is 7.02. The summed E-state index contributed by atoms with van der Waals surface area (Å²) in [5, 5.41) is 8.15. The molecule has 18 heavy (non-hydrogen) atoms. The van der Waals surface area contributed by atoms with Crippen LogP contribution >= 0.6 is 11.3 Å². The van der Waals surface area contributed by atoms with E-state index in [9.17, 15) is 4.79 Å². The second kappa shape index (κ2) is 6.10. The summed E-state index contributed by atoms with van der Waals surface area (Å²) in [4.78, 5) is 13.9. The summed E-state index contributed by atoms with van der Waals surface area (Å²) in [7, 11) is 0. The van der Waals surface area contributed by atoms with E-state index in [0.717, 1.165) is 43.8 Å². The Morgan fingerprint density at radius 1 is 1.61 bits per heavy atom. The molecule has 1 aliphatic heterocycles. The van der Waals surface area contributed by atoms with Gasteiger partial charge < -0.3 is 15.4 Å². The maximum atomic E-state index is 12.2. The number of carbonyl (C=O) groups is 1. The molecule has 1 aliphatic rings. The fourth-order valence-corrected chi connectivity index (χ4v) is 2.58. The third-order valence-electron chi connectivity index (χ3n) is 2.85. The van der Waals surface area contributed by atoms with Gasteiger partial charge in [-0.25, -0.2) is 0 Å². The van der Waals surface area contributed by atoms with Gasteiger partial charge in [0.2, 0.25) is 10.1 Å². The van der Waals surface area contributed by atoms with Gasteiger partial charge in [-0.15, -0.1) is 10.2 Å². The predicted octanol–water partition coefficient (Wildman–Crippen LogP) is 1.15. The SMILES string of the molecule is CCCOC1CCCN(C(=O)c2nnc(N)s2)C1. The van der Waals surface area contributed by atoms with Gasteiger partial charge in [-0.3, -0.25) is 4.79 Å². The monoisotopic (exact) mass is 270 g/mol. The molecular formula is C11H18N4O2S. The normalized spacial score (nSPS) is 20.1. The van der Waals surface area contributed by atoms with E-state index in [0.29, 0.717) is 16.7 Å². The standard InChI is InChI=1S/C11H18N4O2S/c1-2-6-17-8-4-3-5-15(7-8)10(16)9-13-14-11(12)18-9/h8H,2-7H2,1H3,(H2,12,14). The van der Waals surface area contributed by atoms with Crippen molar-refractivity contribution in [3.63, 3.8) is 0 Å². The average molecular weight is 270 g/mol. The number of hydrogen-bond donors (Lipinski definition) is 1. The fourth-order valence-electron chi connectivity index (χ4n) is 2.00. The highest BCUT2D eigenvalue weighted by Gasteiger charge is 2.26. The quantitative estimate of drug-likeness (QED) is 0.887. The van der Waals surface area contributed by atoms with Gasteiger partial charge in [0.1, 0.15) is 0 Å². The fraction of sp³-hybridized carbons (Fsp3) is 0.727. The molecule has 7 heteroatoms. The molecule has 1 atom stereocenters. The van der Waals surface area contributed by atoms with Crippen molar-refractivity contribution in [1.82, 2.24) is 15.1 Å². The number of likely N-dealkylation sites (tertiary alicyclic amines) is 1. The summed E-state index contributed by atoms with van der Waals surface area (Å²) in [6.07, 6.45) is 3.13. The Morgan fingerprint density at radius 3 is 3.11 bits per heavy atom. The van der Waals surface area contributed by atoms with Crippen LogP contribution in [0.3, 0.4) is 0 Å². The Bertz CT molecular complexity index is 410. The Labute approximate surface area is 110 Å². The second-order valence-corrected chi connectivity index (χ2v) is 5.34. The summed E-state index contributed by atoms with van der Waals surface area (Å²) in [6.45, 7) is 4.22. The Morgan fingerprint density at radius 2 is 2.44 bits per heavy atom. The lowest BCUT2D eigenvalue weighted by Crippen LogP contribution is -2.43. The van der Waals surface area contributed by atoms with Gasteiger partial charge in [-0.05, 0) is 19.3 Å². The van der Waals surface area contributed by atoms with E-state index in [1.807, 2.05) is 0 Å². The highest BCUT2D eigenvalue weighted by atomic mass is 32.1. The number of amides is 1. The first-order chi connectivity index (χ1) is 8.70. The van der Waals surface area contributed by atoms with E-state index in [1.165, 1.54) is 0 Å². The molecule has 100 valence electrons. The van der Waals surface area contributed by atoms with Crippen molar-refractivity contribution < 1.29 is 9.53 Å². The molecule has 0 aliphatic carbocycles. The second-order valence-electron chi connectivity index (χ2n) is 4.33. The lowest BCUT2D eigenvalue weighted by atomic mass is 10.1. The van der Waals surface area contributed by atoms with E-state index in [2.05, 4.69) is 17.1 Å². The molecule has 0 saturated carbocycles. The van der Waals surface area contributed by atoms with Crippen LogP contribution < -0.4 is 5.73 Å². The summed E-state index contributed by atoms with van der Waals surface area (Å²) in [6, 6.07) is 0. The minimum absolute atomic E-state index is 0.0889. The molecule has 6 nitrogen and oxygen atoms in total. The van der Waals surface area contributed by atoms with Gasteiger partial charge in [0.25, 0.3) is 5.91 Å². The number of aromatic nitrogens is 2.